The van der Waals surface area contributed by atoms with Crippen molar-refractivity contribution in [3.63, 3.8) is 0 Å². The van der Waals surface area contributed by atoms with Crippen LogP contribution in [-0.2, 0) is 0 Å². The van der Waals surface area contributed by atoms with Crippen molar-refractivity contribution in [3.8, 4) is 0 Å². The van der Waals surface area contributed by atoms with Crippen molar-refractivity contribution in [1.82, 2.24) is 0 Å². The highest BCUT2D eigenvalue weighted by molar-refractivity contribution is 5.08. The van der Waals surface area contributed by atoms with Crippen molar-refractivity contribution in [2.24, 2.45) is 0 Å². The van der Waals surface area contributed by atoms with Gasteiger partial charge in [-0.15, -0.1) is 0 Å². The molecule has 1 aliphatic carbocycles. The summed E-state index contributed by atoms with van der Waals surface area (Å²) in [6, 6.07) is 0. The first-order chi connectivity index (χ1) is 6.50. The molecule has 0 amide bonds. The first-order valence-corrected chi connectivity index (χ1v) is 5.13. The van der Waals surface area contributed by atoms with E-state index in [-0.39, 0.29) is 0 Å². The van der Waals surface area contributed by atoms with Crippen LogP contribution in [0.1, 0.15) is 32.1 Å². The summed E-state index contributed by atoms with van der Waals surface area (Å²) in [4.78, 5) is 0. The maximum absolute atomic E-state index is 2.25. The lowest BCUT2D eigenvalue weighted by molar-refractivity contribution is 0.762. The second-order valence-electron chi connectivity index (χ2n) is 3.23. The van der Waals surface area contributed by atoms with Gasteiger partial charge in [0.15, 0.2) is 0 Å². The number of hydrogen-bond acceptors (Lipinski definition) is 0. The molecule has 0 heteroatoms. The second kappa shape index (κ2) is 7.60. The molecule has 0 radical (unpaired) electrons. The fourth-order valence-corrected chi connectivity index (χ4v) is 1.27. The van der Waals surface area contributed by atoms with Crippen LogP contribution in [0.25, 0.3) is 0 Å². The van der Waals surface area contributed by atoms with Crippen molar-refractivity contribution >= 4 is 0 Å². The Labute approximate surface area is 81.4 Å². The van der Waals surface area contributed by atoms with Crippen LogP contribution in [0.15, 0.2) is 48.6 Å². The molecular formula is C13H18. The van der Waals surface area contributed by atoms with E-state index in [0.717, 1.165) is 6.42 Å². The van der Waals surface area contributed by atoms with E-state index in [9.17, 15) is 0 Å². The van der Waals surface area contributed by atoms with Crippen LogP contribution in [0.3, 0.4) is 0 Å². The second-order valence-corrected chi connectivity index (χ2v) is 3.23. The molecule has 0 aliphatic heterocycles. The Kier molecular flexibility index (Phi) is 5.87. The molecule has 0 aromatic carbocycles. The van der Waals surface area contributed by atoms with Crippen LogP contribution in [0, 0.1) is 0 Å². The van der Waals surface area contributed by atoms with E-state index in [1.807, 2.05) is 0 Å². The van der Waals surface area contributed by atoms with Crippen LogP contribution in [0.4, 0.5) is 0 Å². The average Bonchev–Trinajstić information content (AvgIpc) is 2.18. The Balaban J connectivity index is 2.38. The summed E-state index contributed by atoms with van der Waals surface area (Å²) >= 11 is 0. The van der Waals surface area contributed by atoms with E-state index >= 15 is 0 Å². The maximum atomic E-state index is 2.25. The van der Waals surface area contributed by atoms with Gasteiger partial charge in [0.2, 0.25) is 0 Å². The van der Waals surface area contributed by atoms with Crippen molar-refractivity contribution in [1.29, 1.82) is 0 Å². The molecular weight excluding hydrogens is 156 g/mol. The predicted octanol–water partition coefficient (Wildman–Crippen LogP) is 4.18. The third-order valence-electron chi connectivity index (χ3n) is 2.03. The normalized spacial score (nSPS) is 26.5. The van der Waals surface area contributed by atoms with E-state index < -0.39 is 0 Å². The zero-order chi connectivity index (χ0) is 9.19. The van der Waals surface area contributed by atoms with Gasteiger partial charge in [-0.2, -0.15) is 0 Å². The summed E-state index contributed by atoms with van der Waals surface area (Å²) in [5.74, 6) is 0. The minimum atomic E-state index is 1.04. The highest BCUT2D eigenvalue weighted by Crippen LogP contribution is 2.02. The van der Waals surface area contributed by atoms with Gasteiger partial charge < -0.3 is 0 Å². The van der Waals surface area contributed by atoms with Gasteiger partial charge >= 0.3 is 0 Å². The van der Waals surface area contributed by atoms with Gasteiger partial charge in [-0.3, -0.25) is 0 Å². The predicted molar refractivity (Wildman–Crippen MR) is 59.6 cm³/mol. The number of allylic oxidation sites excluding steroid dienone is 8. The molecule has 0 nitrogen and oxygen atoms in total. The van der Waals surface area contributed by atoms with E-state index in [1.54, 1.807) is 0 Å². The standard InChI is InChI=1S/C13H18/c1-2-4-6-8-10-12-13-11-9-7-5-3-1/h1-4,7,9,11,13H,5-6,8,10,12H2/b3-1+,4-2-,9-7?,13-11-. The van der Waals surface area contributed by atoms with Crippen molar-refractivity contribution in [2.75, 3.05) is 0 Å². The van der Waals surface area contributed by atoms with Gasteiger partial charge in [0.1, 0.15) is 0 Å². The topological polar surface area (TPSA) is 0 Å². The summed E-state index contributed by atoms with van der Waals surface area (Å²) in [5.41, 5.74) is 0. The maximum Gasteiger partial charge on any atom is -0.0163 e. The molecule has 0 saturated carbocycles. The van der Waals surface area contributed by atoms with E-state index in [2.05, 4.69) is 48.6 Å². The Bertz CT molecular complexity index is 192. The summed E-state index contributed by atoms with van der Waals surface area (Å²) in [7, 11) is 0. The fourth-order valence-electron chi connectivity index (χ4n) is 1.27. The van der Waals surface area contributed by atoms with Gasteiger partial charge in [0.05, 0.1) is 0 Å². The third-order valence-corrected chi connectivity index (χ3v) is 2.03. The summed E-state index contributed by atoms with van der Waals surface area (Å²) in [6.07, 6.45) is 23.5. The monoisotopic (exact) mass is 174 g/mol. The molecule has 0 saturated heterocycles. The first-order valence-electron chi connectivity index (χ1n) is 5.13. The van der Waals surface area contributed by atoms with E-state index in [4.69, 9.17) is 0 Å². The minimum Gasteiger partial charge on any atom is -0.0845 e. The van der Waals surface area contributed by atoms with Crippen LogP contribution >= 0.6 is 0 Å². The van der Waals surface area contributed by atoms with Crippen molar-refractivity contribution in [3.05, 3.63) is 48.6 Å². The molecule has 0 bridgehead atoms. The van der Waals surface area contributed by atoms with Crippen LogP contribution < -0.4 is 0 Å². The third kappa shape index (κ3) is 6.15. The van der Waals surface area contributed by atoms with Gasteiger partial charge in [0.25, 0.3) is 0 Å². The SMILES string of the molecule is C1=CC/C=C/C=C\CCCC/C=C\1. The van der Waals surface area contributed by atoms with E-state index in [1.165, 1.54) is 25.7 Å². The largest absolute Gasteiger partial charge is 0.0845 e. The Morgan fingerprint density at radius 1 is 0.538 bits per heavy atom. The van der Waals surface area contributed by atoms with Crippen molar-refractivity contribution in [2.45, 2.75) is 32.1 Å². The Hall–Kier alpha value is -1.04. The molecule has 0 aromatic heterocycles. The zero-order valence-corrected chi connectivity index (χ0v) is 8.15. The lowest BCUT2D eigenvalue weighted by Gasteiger charge is -1.91. The molecule has 0 spiro atoms. The first kappa shape index (κ1) is 10.0. The molecule has 1 rings (SSSR count). The molecule has 13 heavy (non-hydrogen) atoms. The van der Waals surface area contributed by atoms with Crippen molar-refractivity contribution < 1.29 is 0 Å². The molecule has 0 aromatic rings. The molecule has 0 atom stereocenters. The zero-order valence-electron chi connectivity index (χ0n) is 8.15. The molecule has 0 unspecified atom stereocenters. The lowest BCUT2D eigenvalue weighted by Crippen LogP contribution is -1.71. The fraction of sp³-hybridized carbons (Fsp3) is 0.385. The van der Waals surface area contributed by atoms with Gasteiger partial charge in [-0.05, 0) is 32.1 Å². The van der Waals surface area contributed by atoms with Crippen LogP contribution in [0.2, 0.25) is 0 Å². The van der Waals surface area contributed by atoms with Gasteiger partial charge in [0, 0.05) is 0 Å². The molecule has 0 fully saturated rings. The quantitative estimate of drug-likeness (QED) is 0.517. The minimum absolute atomic E-state index is 1.04. The van der Waals surface area contributed by atoms with Gasteiger partial charge in [-0.25, -0.2) is 0 Å². The smallest absolute Gasteiger partial charge is 0.0163 e. The summed E-state index contributed by atoms with van der Waals surface area (Å²) < 4.78 is 0. The highest BCUT2D eigenvalue weighted by atomic mass is 13.9. The lowest BCUT2D eigenvalue weighted by atomic mass is 10.2. The molecule has 0 N–H and O–H groups in total. The number of hydrogen-bond donors (Lipinski definition) is 0. The highest BCUT2D eigenvalue weighted by Gasteiger charge is 1.82. The molecule has 70 valence electrons. The van der Waals surface area contributed by atoms with Crippen LogP contribution in [-0.4, -0.2) is 0 Å². The Morgan fingerprint density at radius 2 is 1.00 bits per heavy atom. The number of rotatable bonds is 0. The Morgan fingerprint density at radius 3 is 1.54 bits per heavy atom. The van der Waals surface area contributed by atoms with Gasteiger partial charge in [-0.1, -0.05) is 48.6 Å². The molecule has 1 aliphatic rings. The molecule has 0 heterocycles. The summed E-state index contributed by atoms with van der Waals surface area (Å²) in [6.45, 7) is 0. The summed E-state index contributed by atoms with van der Waals surface area (Å²) in [5, 5.41) is 0. The van der Waals surface area contributed by atoms with Crippen LogP contribution in [0.5, 0.6) is 0 Å². The average molecular weight is 174 g/mol. The van der Waals surface area contributed by atoms with E-state index in [0.29, 0.717) is 0 Å².